The summed E-state index contributed by atoms with van der Waals surface area (Å²) >= 11 is 0. The Labute approximate surface area is 150 Å². The molecule has 26 heavy (non-hydrogen) atoms. The van der Waals surface area contributed by atoms with Crippen molar-refractivity contribution in [2.45, 2.75) is 20.3 Å². The molecule has 2 aromatic carbocycles. The Morgan fingerprint density at radius 1 is 1.08 bits per heavy atom. The van der Waals surface area contributed by atoms with Crippen LogP contribution in [0.4, 0.5) is 10.1 Å². The number of halogens is 1. The van der Waals surface area contributed by atoms with Gasteiger partial charge in [-0.1, -0.05) is 18.2 Å². The standard InChI is InChI=1S/C20H20FN3O2/c1-12-6-7-15(10-16(12)21)24-20(26)19(25)22-9-8-14-11-23-17-5-3-4-13(2)18(14)17/h3-7,10-11,23H,8-9H2,1-2H3,(H,22,25)(H,24,26). The zero-order chi connectivity index (χ0) is 18.7. The van der Waals surface area contributed by atoms with Crippen molar-refractivity contribution in [1.82, 2.24) is 10.3 Å². The molecular weight excluding hydrogens is 333 g/mol. The van der Waals surface area contributed by atoms with E-state index in [1.165, 1.54) is 6.07 Å². The van der Waals surface area contributed by atoms with Crippen molar-refractivity contribution in [3.05, 3.63) is 65.1 Å². The summed E-state index contributed by atoms with van der Waals surface area (Å²) in [5.74, 6) is -2.00. The van der Waals surface area contributed by atoms with Crippen LogP contribution in [-0.4, -0.2) is 23.3 Å². The van der Waals surface area contributed by atoms with Crippen LogP contribution in [0.2, 0.25) is 0 Å². The number of aryl methyl sites for hydroxylation is 2. The number of amides is 2. The van der Waals surface area contributed by atoms with Crippen molar-refractivity contribution in [3.63, 3.8) is 0 Å². The summed E-state index contributed by atoms with van der Waals surface area (Å²) in [4.78, 5) is 27.1. The topological polar surface area (TPSA) is 74.0 Å². The van der Waals surface area contributed by atoms with Crippen molar-refractivity contribution in [2.24, 2.45) is 0 Å². The molecule has 134 valence electrons. The van der Waals surface area contributed by atoms with E-state index in [2.05, 4.69) is 15.6 Å². The lowest BCUT2D eigenvalue weighted by atomic mass is 10.1. The van der Waals surface area contributed by atoms with E-state index in [1.807, 2.05) is 31.3 Å². The summed E-state index contributed by atoms with van der Waals surface area (Å²) < 4.78 is 13.5. The van der Waals surface area contributed by atoms with E-state index in [1.54, 1.807) is 19.1 Å². The molecule has 0 aliphatic heterocycles. The Bertz CT molecular complexity index is 978. The van der Waals surface area contributed by atoms with Gasteiger partial charge in [0.15, 0.2) is 0 Å². The number of aromatic nitrogens is 1. The summed E-state index contributed by atoms with van der Waals surface area (Å²) in [5.41, 5.74) is 4.01. The number of anilines is 1. The number of aromatic amines is 1. The predicted molar refractivity (Wildman–Crippen MR) is 99.5 cm³/mol. The Balaban J connectivity index is 1.56. The van der Waals surface area contributed by atoms with Gasteiger partial charge >= 0.3 is 11.8 Å². The quantitative estimate of drug-likeness (QED) is 0.630. The second kappa shape index (κ2) is 7.39. The van der Waals surface area contributed by atoms with E-state index < -0.39 is 17.6 Å². The molecule has 1 aromatic heterocycles. The number of H-pyrrole nitrogens is 1. The van der Waals surface area contributed by atoms with E-state index in [9.17, 15) is 14.0 Å². The fourth-order valence-corrected chi connectivity index (χ4v) is 2.90. The predicted octanol–water partition coefficient (Wildman–Crippen LogP) is 3.22. The maximum Gasteiger partial charge on any atom is 0.313 e. The smallest absolute Gasteiger partial charge is 0.313 e. The van der Waals surface area contributed by atoms with Gasteiger partial charge in [0.2, 0.25) is 0 Å². The molecule has 2 amide bonds. The Kier molecular flexibility index (Phi) is 5.02. The molecule has 1 heterocycles. The normalized spacial score (nSPS) is 10.7. The molecule has 3 N–H and O–H groups in total. The highest BCUT2D eigenvalue weighted by Crippen LogP contribution is 2.22. The van der Waals surface area contributed by atoms with Gasteiger partial charge in [-0.3, -0.25) is 9.59 Å². The summed E-state index contributed by atoms with van der Waals surface area (Å²) in [6, 6.07) is 10.3. The first-order valence-electron chi connectivity index (χ1n) is 8.36. The molecule has 0 radical (unpaired) electrons. The van der Waals surface area contributed by atoms with Crippen molar-refractivity contribution >= 4 is 28.4 Å². The maximum absolute atomic E-state index is 13.5. The summed E-state index contributed by atoms with van der Waals surface area (Å²) in [7, 11) is 0. The number of nitrogens with one attached hydrogen (secondary N) is 3. The average molecular weight is 353 g/mol. The molecule has 5 nitrogen and oxygen atoms in total. The van der Waals surface area contributed by atoms with E-state index in [4.69, 9.17) is 0 Å². The third-order valence-corrected chi connectivity index (χ3v) is 4.31. The largest absolute Gasteiger partial charge is 0.361 e. The minimum absolute atomic E-state index is 0.250. The van der Waals surface area contributed by atoms with Crippen molar-refractivity contribution in [2.75, 3.05) is 11.9 Å². The minimum atomic E-state index is -0.816. The van der Waals surface area contributed by atoms with Gasteiger partial charge in [-0.25, -0.2) is 4.39 Å². The van der Waals surface area contributed by atoms with Gasteiger partial charge in [0, 0.05) is 29.3 Å². The molecule has 0 unspecified atom stereocenters. The molecule has 0 saturated heterocycles. The number of hydrogen-bond acceptors (Lipinski definition) is 2. The van der Waals surface area contributed by atoms with Gasteiger partial charge in [0.1, 0.15) is 5.82 Å². The number of carbonyl (C=O) groups is 2. The zero-order valence-electron chi connectivity index (χ0n) is 14.7. The highest BCUT2D eigenvalue weighted by atomic mass is 19.1. The van der Waals surface area contributed by atoms with Crippen LogP contribution in [0.5, 0.6) is 0 Å². The lowest BCUT2D eigenvalue weighted by Crippen LogP contribution is -2.36. The molecule has 3 aromatic rings. The van der Waals surface area contributed by atoms with Gasteiger partial charge in [0.05, 0.1) is 0 Å². The van der Waals surface area contributed by atoms with E-state index >= 15 is 0 Å². The number of carbonyl (C=O) groups excluding carboxylic acids is 2. The third kappa shape index (κ3) is 3.74. The van der Waals surface area contributed by atoms with Crippen molar-refractivity contribution < 1.29 is 14.0 Å². The SMILES string of the molecule is Cc1ccc(NC(=O)C(=O)NCCc2c[nH]c3cccc(C)c23)cc1F. The van der Waals surface area contributed by atoms with Crippen LogP contribution < -0.4 is 10.6 Å². The number of rotatable bonds is 4. The van der Waals surface area contributed by atoms with Crippen LogP contribution in [0.3, 0.4) is 0 Å². The first-order valence-corrected chi connectivity index (χ1v) is 8.36. The lowest BCUT2D eigenvalue weighted by Gasteiger charge is -2.07. The molecule has 0 saturated carbocycles. The fourth-order valence-electron chi connectivity index (χ4n) is 2.90. The van der Waals surface area contributed by atoms with Crippen molar-refractivity contribution in [1.29, 1.82) is 0 Å². The number of fused-ring (bicyclic) bond motifs is 1. The van der Waals surface area contributed by atoms with Gasteiger partial charge in [-0.15, -0.1) is 0 Å². The van der Waals surface area contributed by atoms with Crippen molar-refractivity contribution in [3.8, 4) is 0 Å². The van der Waals surface area contributed by atoms with Crippen LogP contribution in [0.1, 0.15) is 16.7 Å². The van der Waals surface area contributed by atoms with Gasteiger partial charge in [-0.2, -0.15) is 0 Å². The molecule has 0 aliphatic carbocycles. The second-order valence-corrected chi connectivity index (χ2v) is 6.24. The van der Waals surface area contributed by atoms with E-state index in [0.717, 1.165) is 22.0 Å². The van der Waals surface area contributed by atoms with E-state index in [-0.39, 0.29) is 5.69 Å². The number of benzene rings is 2. The summed E-state index contributed by atoms with van der Waals surface area (Å²) in [5, 5.41) is 6.13. The summed E-state index contributed by atoms with van der Waals surface area (Å²) in [6.07, 6.45) is 2.52. The van der Waals surface area contributed by atoms with Gasteiger partial charge in [-0.05, 0) is 55.2 Å². The molecule has 0 bridgehead atoms. The van der Waals surface area contributed by atoms with Crippen LogP contribution >= 0.6 is 0 Å². The van der Waals surface area contributed by atoms with Crippen LogP contribution in [0.15, 0.2) is 42.6 Å². The third-order valence-electron chi connectivity index (χ3n) is 4.31. The van der Waals surface area contributed by atoms with Crippen LogP contribution in [-0.2, 0) is 16.0 Å². The van der Waals surface area contributed by atoms with E-state index in [0.29, 0.717) is 18.5 Å². The minimum Gasteiger partial charge on any atom is -0.361 e. The first kappa shape index (κ1) is 17.7. The molecule has 0 atom stereocenters. The Morgan fingerprint density at radius 2 is 1.88 bits per heavy atom. The van der Waals surface area contributed by atoms with Crippen LogP contribution in [0, 0.1) is 19.7 Å². The Morgan fingerprint density at radius 3 is 2.65 bits per heavy atom. The monoisotopic (exact) mass is 353 g/mol. The summed E-state index contributed by atoms with van der Waals surface area (Å²) in [6.45, 7) is 3.99. The molecule has 0 fully saturated rings. The first-order chi connectivity index (χ1) is 12.5. The molecule has 0 aliphatic rings. The zero-order valence-corrected chi connectivity index (χ0v) is 14.7. The molecule has 0 spiro atoms. The molecule has 3 rings (SSSR count). The highest BCUT2D eigenvalue weighted by Gasteiger charge is 2.14. The highest BCUT2D eigenvalue weighted by molar-refractivity contribution is 6.39. The fraction of sp³-hybridized carbons (Fsp3) is 0.200. The van der Waals surface area contributed by atoms with Gasteiger partial charge in [0.25, 0.3) is 0 Å². The van der Waals surface area contributed by atoms with Crippen LogP contribution in [0.25, 0.3) is 10.9 Å². The van der Waals surface area contributed by atoms with Gasteiger partial charge < -0.3 is 15.6 Å². The lowest BCUT2D eigenvalue weighted by molar-refractivity contribution is -0.136. The number of hydrogen-bond donors (Lipinski definition) is 3. The molecule has 6 heteroatoms. The maximum atomic E-state index is 13.5. The second-order valence-electron chi connectivity index (χ2n) is 6.24. The molecular formula is C20H20FN3O2. The Hall–Kier alpha value is -3.15. The average Bonchev–Trinajstić information content (AvgIpc) is 3.02.